The van der Waals surface area contributed by atoms with Crippen molar-refractivity contribution in [3.8, 4) is 0 Å². The van der Waals surface area contributed by atoms with Gasteiger partial charge in [0.1, 0.15) is 6.10 Å². The van der Waals surface area contributed by atoms with Gasteiger partial charge in [-0.2, -0.15) is 0 Å². The number of phosphoric ester groups is 1. The molecule has 3 fully saturated rings. The Kier molecular flexibility index (Phi) is 16.0. The van der Waals surface area contributed by atoms with Crippen LogP contribution < -0.4 is 4.89 Å². The van der Waals surface area contributed by atoms with Crippen molar-refractivity contribution in [1.29, 1.82) is 0 Å². The summed E-state index contributed by atoms with van der Waals surface area (Å²) in [5.41, 5.74) is -0.644. The molecule has 0 saturated carbocycles. The molecule has 3 heterocycles. The van der Waals surface area contributed by atoms with Gasteiger partial charge >= 0.3 is 5.97 Å². The normalized spacial score (nSPS) is 25.3. The lowest BCUT2D eigenvalue weighted by Gasteiger charge is -2.53. The second-order valence-electron chi connectivity index (χ2n) is 12.0. The van der Waals surface area contributed by atoms with E-state index in [0.717, 1.165) is 56.2 Å². The Morgan fingerprint density at radius 3 is 1.79 bits per heavy atom. The van der Waals surface area contributed by atoms with Gasteiger partial charge in [0.2, 0.25) is 0 Å². The lowest BCUT2D eigenvalue weighted by molar-refractivity contribution is -0.926. The summed E-state index contributed by atoms with van der Waals surface area (Å²) in [6.07, 6.45) is 19.5. The minimum Gasteiger partial charge on any atom is -0.756 e. The molecule has 9 heteroatoms. The molecule has 0 aromatic rings. The lowest BCUT2D eigenvalue weighted by Crippen LogP contribution is -2.62. The first-order valence-electron chi connectivity index (χ1n) is 15.4. The number of hydrogen-bond donors (Lipinski definition) is 0. The Morgan fingerprint density at radius 2 is 1.32 bits per heavy atom. The van der Waals surface area contributed by atoms with Crippen molar-refractivity contribution in [2.45, 2.75) is 135 Å². The van der Waals surface area contributed by atoms with Gasteiger partial charge in [0, 0.05) is 32.8 Å². The molecule has 0 aromatic heterocycles. The monoisotopic (exact) mass is 561 g/mol. The summed E-state index contributed by atoms with van der Waals surface area (Å²) in [7, 11) is -2.31. The van der Waals surface area contributed by atoms with E-state index in [-0.39, 0.29) is 13.2 Å². The van der Waals surface area contributed by atoms with Crippen LogP contribution in [0.1, 0.15) is 123 Å². The molecule has 0 aliphatic carbocycles. The predicted molar refractivity (Wildman–Crippen MR) is 149 cm³/mol. The summed E-state index contributed by atoms with van der Waals surface area (Å²) in [6.45, 7) is 6.70. The lowest BCUT2D eigenvalue weighted by atomic mass is 9.82. The van der Waals surface area contributed by atoms with Crippen LogP contribution in [-0.2, 0) is 27.9 Å². The average Bonchev–Trinajstić information content (AvgIpc) is 2.87. The zero-order valence-electron chi connectivity index (χ0n) is 24.6. The summed E-state index contributed by atoms with van der Waals surface area (Å²) in [5.74, 6) is -0.490. The fraction of sp³-hybridized carbons (Fsp3) is 0.966. The van der Waals surface area contributed by atoms with Gasteiger partial charge in [-0.3, -0.25) is 9.36 Å². The van der Waals surface area contributed by atoms with Crippen molar-refractivity contribution in [3.05, 3.63) is 0 Å². The number of phosphoric acid groups is 1. The summed E-state index contributed by atoms with van der Waals surface area (Å²) >= 11 is 0. The number of nitrogens with zero attached hydrogens (tertiary/aromatic N) is 1. The third-order valence-electron chi connectivity index (χ3n) is 8.32. The number of piperidine rings is 3. The zero-order chi connectivity index (χ0) is 27.7. The van der Waals surface area contributed by atoms with Crippen LogP contribution in [-0.4, -0.2) is 68.7 Å². The first-order chi connectivity index (χ1) is 18.2. The molecule has 0 radical (unpaired) electrons. The molecule has 38 heavy (non-hydrogen) atoms. The van der Waals surface area contributed by atoms with Crippen LogP contribution in [0.2, 0.25) is 0 Å². The predicted octanol–water partition coefficient (Wildman–Crippen LogP) is 6.30. The summed E-state index contributed by atoms with van der Waals surface area (Å²) in [5, 5.41) is 0. The Morgan fingerprint density at radius 1 is 0.842 bits per heavy atom. The molecule has 0 aromatic carbocycles. The third-order valence-corrected chi connectivity index (χ3v) is 9.40. The highest BCUT2D eigenvalue weighted by Gasteiger charge is 2.49. The maximum atomic E-state index is 12.6. The topological polar surface area (TPSA) is 94.1 Å². The van der Waals surface area contributed by atoms with Crippen molar-refractivity contribution < 1.29 is 37.3 Å². The standard InChI is InChI=1S/C29H56NO7P/c1-4-5-6-7-8-9-10-11-12-13-14-15-16-17-24-34-25-28(36-27(2)31)26-35-38(32,33)37-29-18-21-30(3,22-19-29)23-20-29/h28H,4-26H2,1-3H3. The van der Waals surface area contributed by atoms with E-state index in [1.54, 1.807) is 0 Å². The van der Waals surface area contributed by atoms with Crippen LogP contribution in [0.3, 0.4) is 0 Å². The number of hydrogen-bond acceptors (Lipinski definition) is 7. The molecule has 2 unspecified atom stereocenters. The van der Waals surface area contributed by atoms with Crippen molar-refractivity contribution in [2.24, 2.45) is 0 Å². The molecule has 3 saturated heterocycles. The van der Waals surface area contributed by atoms with Gasteiger partial charge in [0.15, 0.2) is 0 Å². The molecule has 8 nitrogen and oxygen atoms in total. The van der Waals surface area contributed by atoms with Crippen LogP contribution in [0.15, 0.2) is 0 Å². The number of quaternary nitrogens is 1. The molecular formula is C29H56NO7P. The zero-order valence-corrected chi connectivity index (χ0v) is 25.5. The van der Waals surface area contributed by atoms with Crippen LogP contribution in [0.5, 0.6) is 0 Å². The number of carbonyl (C=O) groups is 1. The number of ether oxygens (including phenoxy) is 2. The molecule has 3 aliphatic rings. The highest BCUT2D eigenvalue weighted by atomic mass is 31.2. The first kappa shape index (κ1) is 33.7. The number of esters is 1. The summed E-state index contributed by atoms with van der Waals surface area (Å²) in [4.78, 5) is 24.1. The Balaban J connectivity index is 1.50. The Bertz CT molecular complexity index is 680. The van der Waals surface area contributed by atoms with E-state index in [9.17, 15) is 14.3 Å². The fourth-order valence-corrected chi connectivity index (χ4v) is 6.82. The molecule has 224 valence electrons. The maximum Gasteiger partial charge on any atom is 0.303 e. The van der Waals surface area contributed by atoms with E-state index >= 15 is 0 Å². The third kappa shape index (κ3) is 14.2. The number of rotatable bonds is 23. The minimum absolute atomic E-state index is 0.110. The van der Waals surface area contributed by atoms with E-state index in [0.29, 0.717) is 6.61 Å². The highest BCUT2D eigenvalue weighted by Crippen LogP contribution is 2.50. The van der Waals surface area contributed by atoms with E-state index in [1.807, 2.05) is 0 Å². The van der Waals surface area contributed by atoms with E-state index < -0.39 is 25.5 Å². The van der Waals surface area contributed by atoms with Crippen LogP contribution >= 0.6 is 7.82 Å². The average molecular weight is 562 g/mol. The van der Waals surface area contributed by atoms with Gasteiger partial charge in [-0.15, -0.1) is 0 Å². The van der Waals surface area contributed by atoms with E-state index in [4.69, 9.17) is 18.5 Å². The van der Waals surface area contributed by atoms with E-state index in [1.165, 1.54) is 84.0 Å². The molecule has 0 N–H and O–H groups in total. The molecule has 0 spiro atoms. The minimum atomic E-state index is -4.52. The second kappa shape index (κ2) is 18.0. The Labute approximate surface area is 232 Å². The summed E-state index contributed by atoms with van der Waals surface area (Å²) < 4.78 is 35.2. The number of unbranched alkanes of at least 4 members (excludes halogenated alkanes) is 13. The van der Waals surface area contributed by atoms with Gasteiger partial charge in [-0.05, 0) is 6.42 Å². The van der Waals surface area contributed by atoms with Gasteiger partial charge in [0.25, 0.3) is 7.82 Å². The van der Waals surface area contributed by atoms with Gasteiger partial charge in [-0.25, -0.2) is 0 Å². The first-order valence-corrected chi connectivity index (χ1v) is 16.9. The van der Waals surface area contributed by atoms with Gasteiger partial charge < -0.3 is 27.9 Å². The van der Waals surface area contributed by atoms with Crippen molar-refractivity contribution in [1.82, 2.24) is 0 Å². The number of carbonyl (C=O) groups excluding carboxylic acids is 1. The Hall–Kier alpha value is -0.500. The quantitative estimate of drug-likeness (QED) is 0.0625. The SMILES string of the molecule is CCCCCCCCCCCCCCCCOCC(COP(=O)([O-])OC12CC[N+](C)(CC1)CC2)OC(C)=O. The van der Waals surface area contributed by atoms with Crippen LogP contribution in [0, 0.1) is 0 Å². The molecule has 2 bridgehead atoms. The van der Waals surface area contributed by atoms with Crippen molar-refractivity contribution >= 4 is 13.8 Å². The molecular weight excluding hydrogens is 505 g/mol. The molecule has 0 amide bonds. The molecule has 2 atom stereocenters. The maximum absolute atomic E-state index is 12.6. The highest BCUT2D eigenvalue weighted by molar-refractivity contribution is 7.45. The smallest absolute Gasteiger partial charge is 0.303 e. The number of fused-ring (bicyclic) bond motifs is 3. The summed E-state index contributed by atoms with van der Waals surface area (Å²) in [6, 6.07) is 0. The van der Waals surface area contributed by atoms with Crippen LogP contribution in [0.25, 0.3) is 0 Å². The van der Waals surface area contributed by atoms with Crippen molar-refractivity contribution in [3.63, 3.8) is 0 Å². The second-order valence-corrected chi connectivity index (χ2v) is 13.3. The van der Waals surface area contributed by atoms with Gasteiger partial charge in [-0.1, -0.05) is 90.4 Å². The molecule has 3 rings (SSSR count). The fourth-order valence-electron chi connectivity index (χ4n) is 5.67. The largest absolute Gasteiger partial charge is 0.756 e. The van der Waals surface area contributed by atoms with Crippen molar-refractivity contribution in [2.75, 3.05) is 46.5 Å². The van der Waals surface area contributed by atoms with Crippen LogP contribution in [0.4, 0.5) is 0 Å². The van der Waals surface area contributed by atoms with E-state index in [2.05, 4.69) is 14.0 Å². The molecule has 3 aliphatic heterocycles. The van der Waals surface area contributed by atoms with Gasteiger partial charge in [0.05, 0.1) is 45.5 Å².